The minimum atomic E-state index is -5.35. The fraction of sp³-hybridized carbons (Fsp3) is 0.400. The molecule has 0 fully saturated rings. The molecule has 1 aliphatic heterocycles. The summed E-state index contributed by atoms with van der Waals surface area (Å²) in [5.41, 5.74) is -5.41. The van der Waals surface area contributed by atoms with Gasteiger partial charge in [0.25, 0.3) is 11.5 Å². The van der Waals surface area contributed by atoms with Gasteiger partial charge in [0.15, 0.2) is 0 Å². The number of fused-ring (bicyclic) bond motifs is 1. The summed E-state index contributed by atoms with van der Waals surface area (Å²) in [5.74, 6) is -3.65. The summed E-state index contributed by atoms with van der Waals surface area (Å²) in [6, 6.07) is 4.65. The zero-order valence-electron chi connectivity index (χ0n) is 17.2. The number of nitrogens with zero attached hydrogens (tertiary/aromatic N) is 1. The zero-order chi connectivity index (χ0) is 23.3. The summed E-state index contributed by atoms with van der Waals surface area (Å²) in [4.78, 5) is 51.8. The maximum absolute atomic E-state index is 14.3. The molecule has 0 bridgehead atoms. The van der Waals surface area contributed by atoms with E-state index in [1.807, 2.05) is 10.3 Å². The average Bonchev–Trinajstić information content (AvgIpc) is 2.90. The van der Waals surface area contributed by atoms with Crippen LogP contribution in [0.1, 0.15) is 37.0 Å². The lowest BCUT2D eigenvalue weighted by molar-refractivity contribution is -0.200. The molecular formula is C20H21F3N4O4. The molecule has 1 aliphatic rings. The van der Waals surface area contributed by atoms with Crippen LogP contribution in [-0.2, 0) is 15.1 Å². The Morgan fingerprint density at radius 2 is 1.81 bits per heavy atom. The third-order valence-corrected chi connectivity index (χ3v) is 5.15. The maximum atomic E-state index is 14.3. The highest BCUT2D eigenvalue weighted by Gasteiger charge is 2.68. The van der Waals surface area contributed by atoms with Crippen molar-refractivity contribution < 1.29 is 22.8 Å². The highest BCUT2D eigenvalue weighted by molar-refractivity contribution is 6.07. The number of H-pyrrole nitrogens is 1. The number of alkyl halides is 3. The van der Waals surface area contributed by atoms with Gasteiger partial charge in [0.1, 0.15) is 11.4 Å². The smallest absolute Gasteiger partial charge is 0.330 e. The number of amides is 2. The number of carbonyl (C=O) groups excluding carboxylic acids is 2. The second-order valence-corrected chi connectivity index (χ2v) is 7.93. The topological polar surface area (TPSA) is 113 Å². The lowest BCUT2D eigenvalue weighted by atomic mass is 9.91. The van der Waals surface area contributed by atoms with Crippen LogP contribution in [0.15, 0.2) is 27.8 Å². The third kappa shape index (κ3) is 3.53. The largest absolute Gasteiger partial charge is 0.425 e. The number of rotatable bonds is 4. The monoisotopic (exact) mass is 438 g/mol. The number of halogens is 3. The number of carbonyl (C=O) groups is 2. The molecule has 0 saturated carbocycles. The first-order valence-corrected chi connectivity index (χ1v) is 9.46. The molecule has 3 N–H and O–H groups in total. The lowest BCUT2D eigenvalue weighted by Crippen LogP contribution is -2.62. The highest BCUT2D eigenvalue weighted by Crippen LogP contribution is 2.45. The van der Waals surface area contributed by atoms with Crippen LogP contribution in [0.4, 0.5) is 19.0 Å². The van der Waals surface area contributed by atoms with E-state index in [4.69, 9.17) is 0 Å². The average molecular weight is 438 g/mol. The van der Waals surface area contributed by atoms with Gasteiger partial charge in [-0.05, 0) is 43.0 Å². The molecule has 31 heavy (non-hydrogen) atoms. The molecule has 166 valence electrons. The van der Waals surface area contributed by atoms with Crippen molar-refractivity contribution in [2.24, 2.45) is 5.92 Å². The SMILES string of the molecule is Cc1ccc(-n2c3c(c(=O)[nH]c2=O)C(NC(=O)CC(C)C)(C(F)(F)F)C(=O)N3)cc1C. The molecule has 1 aromatic heterocycles. The van der Waals surface area contributed by atoms with Gasteiger partial charge in [0, 0.05) is 6.42 Å². The predicted octanol–water partition coefficient (Wildman–Crippen LogP) is 2.01. The molecule has 1 aromatic carbocycles. The fourth-order valence-electron chi connectivity index (χ4n) is 3.52. The summed E-state index contributed by atoms with van der Waals surface area (Å²) >= 11 is 0. The number of anilines is 1. The van der Waals surface area contributed by atoms with Gasteiger partial charge in [-0.2, -0.15) is 13.2 Å². The minimum Gasteiger partial charge on any atom is -0.330 e. The molecule has 0 saturated heterocycles. The van der Waals surface area contributed by atoms with E-state index in [9.17, 15) is 32.3 Å². The molecule has 2 aromatic rings. The molecule has 0 spiro atoms. The second kappa shape index (κ2) is 7.40. The van der Waals surface area contributed by atoms with Crippen molar-refractivity contribution in [1.82, 2.24) is 14.9 Å². The molecule has 1 atom stereocenters. The van der Waals surface area contributed by atoms with Crippen LogP contribution in [0.2, 0.25) is 0 Å². The zero-order valence-corrected chi connectivity index (χ0v) is 17.2. The second-order valence-electron chi connectivity index (χ2n) is 7.93. The van der Waals surface area contributed by atoms with Gasteiger partial charge in [0.2, 0.25) is 11.4 Å². The first-order valence-electron chi connectivity index (χ1n) is 9.46. The number of aromatic nitrogens is 2. The summed E-state index contributed by atoms with van der Waals surface area (Å²) in [5, 5.41) is 3.72. The van der Waals surface area contributed by atoms with E-state index >= 15 is 0 Å². The Bertz CT molecular complexity index is 1200. The van der Waals surface area contributed by atoms with E-state index in [0.717, 1.165) is 15.7 Å². The minimum absolute atomic E-state index is 0.146. The quantitative estimate of drug-likeness (QED) is 0.678. The van der Waals surface area contributed by atoms with E-state index in [0.29, 0.717) is 0 Å². The highest BCUT2D eigenvalue weighted by atomic mass is 19.4. The van der Waals surface area contributed by atoms with Crippen LogP contribution in [0.25, 0.3) is 5.69 Å². The van der Waals surface area contributed by atoms with E-state index in [1.54, 1.807) is 39.1 Å². The number of hydrogen-bond donors (Lipinski definition) is 3. The Hall–Kier alpha value is -3.37. The molecule has 0 radical (unpaired) electrons. The molecule has 0 aliphatic carbocycles. The maximum Gasteiger partial charge on any atom is 0.425 e. The van der Waals surface area contributed by atoms with Crippen molar-refractivity contribution in [2.45, 2.75) is 45.8 Å². The van der Waals surface area contributed by atoms with E-state index in [2.05, 4.69) is 0 Å². The Morgan fingerprint density at radius 1 is 1.16 bits per heavy atom. The first kappa shape index (κ1) is 22.3. The number of aromatic amines is 1. The van der Waals surface area contributed by atoms with Crippen molar-refractivity contribution in [3.8, 4) is 5.69 Å². The summed E-state index contributed by atoms with van der Waals surface area (Å²) in [6.45, 7) is 6.78. The molecular weight excluding hydrogens is 417 g/mol. The molecule has 11 heteroatoms. The Labute approximate surface area is 174 Å². The van der Waals surface area contributed by atoms with Gasteiger partial charge in [-0.15, -0.1) is 0 Å². The van der Waals surface area contributed by atoms with Crippen molar-refractivity contribution in [3.05, 3.63) is 55.7 Å². The van der Waals surface area contributed by atoms with Crippen molar-refractivity contribution in [3.63, 3.8) is 0 Å². The standard InChI is InChI=1S/C20H21F3N4O4/c1-9(2)7-13(28)26-19(20(21,22)23)14-15(24-17(19)30)27(18(31)25-16(14)29)12-6-5-10(3)11(4)8-12/h5-6,8-9H,7H2,1-4H3,(H,24,30)(H,26,28)(H,25,29,31). The number of hydrogen-bond acceptors (Lipinski definition) is 4. The van der Waals surface area contributed by atoms with Crippen molar-refractivity contribution in [1.29, 1.82) is 0 Å². The van der Waals surface area contributed by atoms with Crippen molar-refractivity contribution in [2.75, 3.05) is 5.32 Å². The van der Waals surface area contributed by atoms with E-state index in [1.165, 1.54) is 12.1 Å². The Balaban J connectivity index is 2.33. The summed E-state index contributed by atoms with van der Waals surface area (Å²) in [6.07, 6.45) is -5.65. The van der Waals surface area contributed by atoms with Crippen LogP contribution in [0, 0.1) is 19.8 Å². The third-order valence-electron chi connectivity index (χ3n) is 5.15. The Kier molecular flexibility index (Phi) is 5.33. The van der Waals surface area contributed by atoms with Gasteiger partial charge in [-0.1, -0.05) is 19.9 Å². The number of benzene rings is 1. The first-order chi connectivity index (χ1) is 14.3. The van der Waals surface area contributed by atoms with Gasteiger partial charge in [-0.25, -0.2) is 9.36 Å². The van der Waals surface area contributed by atoms with Gasteiger partial charge >= 0.3 is 11.9 Å². The summed E-state index contributed by atoms with van der Waals surface area (Å²) < 4.78 is 43.6. The van der Waals surface area contributed by atoms with Gasteiger partial charge in [-0.3, -0.25) is 19.4 Å². The van der Waals surface area contributed by atoms with Crippen LogP contribution in [0.3, 0.4) is 0 Å². The van der Waals surface area contributed by atoms with Crippen LogP contribution in [-0.4, -0.2) is 27.5 Å². The van der Waals surface area contributed by atoms with Crippen LogP contribution < -0.4 is 21.9 Å². The van der Waals surface area contributed by atoms with Gasteiger partial charge in [0.05, 0.1) is 5.69 Å². The fourth-order valence-corrected chi connectivity index (χ4v) is 3.52. The van der Waals surface area contributed by atoms with Gasteiger partial charge < -0.3 is 10.6 Å². The molecule has 1 unspecified atom stereocenters. The number of nitrogens with one attached hydrogen (secondary N) is 3. The van der Waals surface area contributed by atoms with E-state index < -0.39 is 46.2 Å². The van der Waals surface area contributed by atoms with Crippen LogP contribution >= 0.6 is 0 Å². The molecule has 2 heterocycles. The summed E-state index contributed by atoms with van der Waals surface area (Å²) in [7, 11) is 0. The predicted molar refractivity (Wildman–Crippen MR) is 106 cm³/mol. The Morgan fingerprint density at radius 3 is 2.35 bits per heavy atom. The molecule has 2 amide bonds. The molecule has 8 nitrogen and oxygen atoms in total. The van der Waals surface area contributed by atoms with Crippen molar-refractivity contribution >= 4 is 17.6 Å². The van der Waals surface area contributed by atoms with E-state index in [-0.39, 0.29) is 18.0 Å². The lowest BCUT2D eigenvalue weighted by Gasteiger charge is -2.30. The normalized spacial score (nSPS) is 18.1. The number of aryl methyl sites for hydroxylation is 2. The van der Waals surface area contributed by atoms with Crippen LogP contribution in [0.5, 0.6) is 0 Å². The molecule has 3 rings (SSSR count).